The average Bonchev–Trinajstić information content (AvgIpc) is 2.38. The molecule has 0 spiro atoms. The lowest BCUT2D eigenvalue weighted by Gasteiger charge is -2.17. The van der Waals surface area contributed by atoms with Gasteiger partial charge >= 0.3 is 0 Å². The molecule has 2 atom stereocenters. The monoisotopic (exact) mass is 261 g/mol. The maximum atomic E-state index is 11.8. The van der Waals surface area contributed by atoms with Gasteiger partial charge in [-0.2, -0.15) is 0 Å². The minimum Gasteiger partial charge on any atom is -0.344 e. The zero-order chi connectivity index (χ0) is 14.3. The molecule has 19 heavy (non-hydrogen) atoms. The summed E-state index contributed by atoms with van der Waals surface area (Å²) in [6.45, 7) is 4.00. The molecule has 0 aliphatic carbocycles. The van der Waals surface area contributed by atoms with Crippen LogP contribution in [0.5, 0.6) is 0 Å². The summed E-state index contributed by atoms with van der Waals surface area (Å²) in [5.74, 6) is 0.0477. The third-order valence-electron chi connectivity index (χ3n) is 2.80. The number of benzene rings is 1. The molecular weight excluding hydrogens is 240 g/mol. The molecule has 0 fully saturated rings. The van der Waals surface area contributed by atoms with E-state index in [1.807, 2.05) is 50.5 Å². The van der Waals surface area contributed by atoms with Crippen LogP contribution in [0.4, 0.5) is 0 Å². The normalized spacial score (nSPS) is 13.9. The van der Waals surface area contributed by atoms with Crippen LogP contribution in [0, 0.1) is 5.92 Å². The molecule has 2 unspecified atom stereocenters. The number of hydrogen-bond donors (Lipinski definition) is 2. The van der Waals surface area contributed by atoms with Crippen molar-refractivity contribution >= 4 is 12.2 Å². The molecule has 3 N–H and O–H groups in total. The molecule has 1 rings (SSSR count). The second-order valence-electron chi connectivity index (χ2n) is 5.10. The summed E-state index contributed by atoms with van der Waals surface area (Å²) in [7, 11) is 0. The Morgan fingerprint density at radius 1 is 1.32 bits per heavy atom. The Bertz CT molecular complexity index is 404. The van der Waals surface area contributed by atoms with E-state index in [0.29, 0.717) is 18.8 Å². The summed E-state index contributed by atoms with van der Waals surface area (Å²) in [4.78, 5) is 22.7. The van der Waals surface area contributed by atoms with Crippen LogP contribution < -0.4 is 11.1 Å². The van der Waals surface area contributed by atoms with Gasteiger partial charge in [-0.1, -0.05) is 44.2 Å². The number of rotatable bonds is 7. The van der Waals surface area contributed by atoms with E-state index in [-0.39, 0.29) is 5.91 Å². The predicted octanol–water partition coefficient (Wildman–Crippen LogP) is 1.20. The number of carbonyl (C=O) groups excluding carboxylic acids is 2. The first kappa shape index (κ1) is 15.4. The van der Waals surface area contributed by atoms with Crippen molar-refractivity contribution < 1.29 is 9.59 Å². The highest BCUT2D eigenvalue weighted by molar-refractivity contribution is 5.84. The molecule has 0 bridgehead atoms. The van der Waals surface area contributed by atoms with Gasteiger partial charge in [0.25, 0.3) is 0 Å². The first-order valence-corrected chi connectivity index (χ1v) is 6.50. The zero-order valence-corrected chi connectivity index (χ0v) is 11.4. The van der Waals surface area contributed by atoms with Gasteiger partial charge in [-0.05, 0) is 17.9 Å². The van der Waals surface area contributed by atoms with Crippen LogP contribution in [0.2, 0.25) is 0 Å². The lowest BCUT2D eigenvalue weighted by Crippen LogP contribution is -2.47. The highest BCUT2D eigenvalue weighted by atomic mass is 16.2. The van der Waals surface area contributed by atoms with Crippen LogP contribution in [0.3, 0.4) is 0 Å². The van der Waals surface area contributed by atoms with Crippen molar-refractivity contribution in [2.45, 2.75) is 38.8 Å². The van der Waals surface area contributed by atoms with Gasteiger partial charge in [-0.15, -0.1) is 0 Å². The van der Waals surface area contributed by atoms with Crippen LogP contribution in [0.25, 0.3) is 0 Å². The molecular formula is C15H21N2O2. The number of amides is 1. The molecule has 0 aliphatic rings. The highest BCUT2D eigenvalue weighted by Crippen LogP contribution is 2.05. The molecule has 1 aromatic rings. The van der Waals surface area contributed by atoms with Gasteiger partial charge in [-0.25, -0.2) is 0 Å². The molecule has 0 aromatic heterocycles. The summed E-state index contributed by atoms with van der Waals surface area (Å²) in [6, 6.07) is 8.28. The van der Waals surface area contributed by atoms with E-state index < -0.39 is 12.1 Å². The second-order valence-corrected chi connectivity index (χ2v) is 5.10. The first-order chi connectivity index (χ1) is 9.02. The van der Waals surface area contributed by atoms with Crippen LogP contribution in [0.1, 0.15) is 25.8 Å². The van der Waals surface area contributed by atoms with Crippen LogP contribution >= 0.6 is 0 Å². The highest BCUT2D eigenvalue weighted by Gasteiger charge is 2.19. The van der Waals surface area contributed by atoms with E-state index in [2.05, 4.69) is 5.32 Å². The van der Waals surface area contributed by atoms with Gasteiger partial charge in [0.2, 0.25) is 12.2 Å². The number of carbonyl (C=O) groups is 1. The van der Waals surface area contributed by atoms with E-state index in [1.165, 1.54) is 0 Å². The molecule has 1 radical (unpaired) electrons. The van der Waals surface area contributed by atoms with Crippen molar-refractivity contribution in [1.29, 1.82) is 0 Å². The number of nitrogens with one attached hydrogen (secondary N) is 1. The summed E-state index contributed by atoms with van der Waals surface area (Å²) >= 11 is 0. The van der Waals surface area contributed by atoms with E-state index in [0.717, 1.165) is 5.56 Å². The third-order valence-corrected chi connectivity index (χ3v) is 2.80. The fourth-order valence-electron chi connectivity index (χ4n) is 1.87. The van der Waals surface area contributed by atoms with Gasteiger partial charge < -0.3 is 11.1 Å². The Labute approximate surface area is 114 Å². The van der Waals surface area contributed by atoms with Crippen LogP contribution in [0.15, 0.2) is 30.3 Å². The van der Waals surface area contributed by atoms with Crippen molar-refractivity contribution in [3.8, 4) is 0 Å². The summed E-state index contributed by atoms with van der Waals surface area (Å²) < 4.78 is 0. The van der Waals surface area contributed by atoms with Crippen molar-refractivity contribution in [3.63, 3.8) is 0 Å². The SMILES string of the molecule is CC(C)CC(N)C(=O)NC([C]=O)Cc1ccccc1. The Kier molecular flexibility index (Phi) is 6.22. The summed E-state index contributed by atoms with van der Waals surface area (Å²) in [5, 5.41) is 2.63. The van der Waals surface area contributed by atoms with Crippen LogP contribution in [-0.2, 0) is 16.0 Å². The Hall–Kier alpha value is -1.68. The Balaban J connectivity index is 2.52. The third kappa shape index (κ3) is 5.66. The second kappa shape index (κ2) is 7.69. The molecule has 4 nitrogen and oxygen atoms in total. The predicted molar refractivity (Wildman–Crippen MR) is 75.2 cm³/mol. The van der Waals surface area contributed by atoms with Gasteiger partial charge in [0.15, 0.2) is 0 Å². The molecule has 0 aliphatic heterocycles. The molecule has 4 heteroatoms. The summed E-state index contributed by atoms with van der Waals surface area (Å²) in [5.41, 5.74) is 6.75. The maximum Gasteiger partial charge on any atom is 0.237 e. The minimum atomic E-state index is -0.645. The lowest BCUT2D eigenvalue weighted by molar-refractivity contribution is -0.123. The molecule has 0 saturated carbocycles. The maximum absolute atomic E-state index is 11.8. The molecule has 0 heterocycles. The van der Waals surface area contributed by atoms with E-state index in [1.54, 1.807) is 0 Å². The topological polar surface area (TPSA) is 72.2 Å². The molecule has 1 amide bonds. The Morgan fingerprint density at radius 3 is 2.47 bits per heavy atom. The van der Waals surface area contributed by atoms with Crippen molar-refractivity contribution in [3.05, 3.63) is 35.9 Å². The smallest absolute Gasteiger partial charge is 0.237 e. The van der Waals surface area contributed by atoms with E-state index >= 15 is 0 Å². The molecule has 0 saturated heterocycles. The fourth-order valence-corrected chi connectivity index (χ4v) is 1.87. The van der Waals surface area contributed by atoms with Crippen LogP contribution in [-0.4, -0.2) is 24.3 Å². The number of nitrogens with two attached hydrogens (primary N) is 1. The molecule has 103 valence electrons. The van der Waals surface area contributed by atoms with E-state index in [9.17, 15) is 9.59 Å². The van der Waals surface area contributed by atoms with Gasteiger partial charge in [0.05, 0.1) is 12.1 Å². The minimum absolute atomic E-state index is 0.294. The Morgan fingerprint density at radius 2 is 1.95 bits per heavy atom. The first-order valence-electron chi connectivity index (χ1n) is 6.50. The van der Waals surface area contributed by atoms with Gasteiger partial charge in [-0.3, -0.25) is 9.59 Å². The standard InChI is InChI=1S/C15H21N2O2/c1-11(2)8-14(16)15(19)17-13(10-18)9-12-6-4-3-5-7-12/h3-7,11,13-14H,8-9,16H2,1-2H3,(H,17,19). The zero-order valence-electron chi connectivity index (χ0n) is 11.4. The quantitative estimate of drug-likeness (QED) is 0.774. The lowest BCUT2D eigenvalue weighted by atomic mass is 10.0. The van der Waals surface area contributed by atoms with Gasteiger partial charge in [0.1, 0.15) is 0 Å². The van der Waals surface area contributed by atoms with E-state index in [4.69, 9.17) is 5.73 Å². The van der Waals surface area contributed by atoms with Crippen molar-refractivity contribution in [2.75, 3.05) is 0 Å². The molecule has 1 aromatic carbocycles. The van der Waals surface area contributed by atoms with Gasteiger partial charge in [0, 0.05) is 6.42 Å². The van der Waals surface area contributed by atoms with Crippen molar-refractivity contribution in [1.82, 2.24) is 5.32 Å². The average molecular weight is 261 g/mol. The largest absolute Gasteiger partial charge is 0.344 e. The summed E-state index contributed by atoms with van der Waals surface area (Å²) in [6.07, 6.45) is 2.89. The van der Waals surface area contributed by atoms with Crippen molar-refractivity contribution in [2.24, 2.45) is 11.7 Å². The fraction of sp³-hybridized carbons (Fsp3) is 0.467. The number of hydrogen-bond acceptors (Lipinski definition) is 3.